The number of nitrogens with zero attached hydrogens (tertiary/aromatic N) is 3. The van der Waals surface area contributed by atoms with E-state index in [1.807, 2.05) is 12.4 Å². The van der Waals surface area contributed by atoms with Crippen molar-refractivity contribution >= 4 is 5.95 Å². The van der Waals surface area contributed by atoms with Crippen molar-refractivity contribution in [1.29, 1.82) is 0 Å². The topological polar surface area (TPSA) is 61.3 Å². The van der Waals surface area contributed by atoms with Crippen molar-refractivity contribution in [2.75, 3.05) is 24.6 Å². The van der Waals surface area contributed by atoms with E-state index in [0.717, 1.165) is 44.0 Å². The van der Waals surface area contributed by atoms with Crippen LogP contribution in [0, 0.1) is 5.92 Å². The molecule has 1 aliphatic rings. The third kappa shape index (κ3) is 4.14. The van der Waals surface area contributed by atoms with Gasteiger partial charge >= 0.3 is 0 Å². The Morgan fingerprint density at radius 3 is 2.79 bits per heavy atom. The van der Waals surface area contributed by atoms with Gasteiger partial charge < -0.3 is 15.3 Å². The Labute approximate surface area is 115 Å². The summed E-state index contributed by atoms with van der Waals surface area (Å²) in [6, 6.07) is 0.470. The van der Waals surface area contributed by atoms with Crippen LogP contribution in [0.2, 0.25) is 0 Å². The van der Waals surface area contributed by atoms with Crippen LogP contribution in [0.25, 0.3) is 0 Å². The molecule has 1 aliphatic heterocycles. The molecule has 1 unspecified atom stereocenters. The molecule has 0 saturated carbocycles. The number of nitrogens with one attached hydrogen (secondary N) is 1. The molecule has 5 heteroatoms. The maximum absolute atomic E-state index is 8.97. The lowest BCUT2D eigenvalue weighted by atomic mass is 10.1. The Morgan fingerprint density at radius 2 is 2.16 bits per heavy atom. The van der Waals surface area contributed by atoms with Crippen LogP contribution in [0.1, 0.15) is 32.3 Å². The van der Waals surface area contributed by atoms with Crippen molar-refractivity contribution in [3.8, 4) is 0 Å². The highest BCUT2D eigenvalue weighted by Gasteiger charge is 2.23. The Morgan fingerprint density at radius 1 is 1.42 bits per heavy atom. The Kier molecular flexibility index (Phi) is 5.10. The maximum atomic E-state index is 8.97. The van der Waals surface area contributed by atoms with Crippen LogP contribution < -0.4 is 10.2 Å². The molecule has 19 heavy (non-hydrogen) atoms. The van der Waals surface area contributed by atoms with Gasteiger partial charge in [0.05, 0.1) is 0 Å². The molecular formula is C14H24N4O. The highest BCUT2D eigenvalue weighted by Crippen LogP contribution is 2.22. The molecule has 0 aliphatic carbocycles. The van der Waals surface area contributed by atoms with Crippen LogP contribution >= 0.6 is 0 Å². The molecule has 1 aromatic heterocycles. The molecule has 1 fully saturated rings. The van der Waals surface area contributed by atoms with E-state index in [0.29, 0.717) is 12.0 Å². The molecule has 0 spiro atoms. The predicted octanol–water partition coefficient (Wildman–Crippen LogP) is 1.18. The molecular weight excluding hydrogens is 240 g/mol. The average molecular weight is 264 g/mol. The van der Waals surface area contributed by atoms with E-state index in [1.54, 1.807) is 0 Å². The zero-order chi connectivity index (χ0) is 13.7. The van der Waals surface area contributed by atoms with Crippen molar-refractivity contribution < 1.29 is 5.11 Å². The largest absolute Gasteiger partial charge is 0.396 e. The van der Waals surface area contributed by atoms with Crippen molar-refractivity contribution in [2.45, 2.75) is 39.3 Å². The van der Waals surface area contributed by atoms with Crippen molar-refractivity contribution in [3.63, 3.8) is 0 Å². The summed E-state index contributed by atoms with van der Waals surface area (Å²) in [5, 5.41) is 12.3. The zero-order valence-electron chi connectivity index (χ0n) is 11.8. The summed E-state index contributed by atoms with van der Waals surface area (Å²) >= 11 is 0. The normalized spacial score (nSPS) is 19.4. The number of aliphatic hydroxyl groups excluding tert-OH is 1. The van der Waals surface area contributed by atoms with E-state index < -0.39 is 0 Å². The summed E-state index contributed by atoms with van der Waals surface area (Å²) < 4.78 is 0. The van der Waals surface area contributed by atoms with Crippen LogP contribution in [0.4, 0.5) is 5.95 Å². The summed E-state index contributed by atoms with van der Waals surface area (Å²) in [6.07, 6.45) is 5.81. The second kappa shape index (κ2) is 6.82. The molecule has 2 heterocycles. The van der Waals surface area contributed by atoms with Crippen LogP contribution in [-0.4, -0.2) is 40.8 Å². The predicted molar refractivity (Wildman–Crippen MR) is 76.0 cm³/mol. The minimum absolute atomic E-state index is 0.277. The smallest absolute Gasteiger partial charge is 0.225 e. The highest BCUT2D eigenvalue weighted by atomic mass is 16.3. The highest BCUT2D eigenvalue weighted by molar-refractivity contribution is 5.31. The summed E-state index contributed by atoms with van der Waals surface area (Å²) in [6.45, 7) is 7.30. The summed E-state index contributed by atoms with van der Waals surface area (Å²) in [4.78, 5) is 11.1. The molecule has 0 amide bonds. The SMILES string of the molecule is CC(C)NCc1cnc(N2CCC(CCO)C2)nc1. The zero-order valence-corrected chi connectivity index (χ0v) is 11.8. The Bertz CT molecular complexity index is 380. The molecule has 2 N–H and O–H groups in total. The van der Waals surface area contributed by atoms with Gasteiger partial charge in [-0.3, -0.25) is 0 Å². The van der Waals surface area contributed by atoms with Gasteiger partial charge in [0.2, 0.25) is 5.95 Å². The first-order chi connectivity index (χ1) is 9.19. The van der Waals surface area contributed by atoms with E-state index >= 15 is 0 Å². The van der Waals surface area contributed by atoms with Crippen LogP contribution in [0.15, 0.2) is 12.4 Å². The summed E-state index contributed by atoms with van der Waals surface area (Å²) in [5.41, 5.74) is 1.11. The fourth-order valence-electron chi connectivity index (χ4n) is 2.36. The van der Waals surface area contributed by atoms with Gasteiger partial charge in [-0.25, -0.2) is 9.97 Å². The summed E-state index contributed by atoms with van der Waals surface area (Å²) in [5.74, 6) is 1.39. The second-order valence-electron chi connectivity index (χ2n) is 5.54. The van der Waals surface area contributed by atoms with E-state index in [1.165, 1.54) is 0 Å². The number of aliphatic hydroxyl groups is 1. The molecule has 5 nitrogen and oxygen atoms in total. The Balaban J connectivity index is 1.88. The van der Waals surface area contributed by atoms with Gasteiger partial charge in [0.25, 0.3) is 0 Å². The van der Waals surface area contributed by atoms with Gasteiger partial charge in [0.1, 0.15) is 0 Å². The standard InChI is InChI=1S/C14H24N4O/c1-11(2)15-7-13-8-16-14(17-9-13)18-5-3-12(10-18)4-6-19/h8-9,11-12,15,19H,3-7,10H2,1-2H3. The first kappa shape index (κ1) is 14.2. The monoisotopic (exact) mass is 264 g/mol. The number of aromatic nitrogens is 2. The molecule has 106 valence electrons. The number of hydrogen-bond donors (Lipinski definition) is 2. The van der Waals surface area contributed by atoms with Crippen LogP contribution in [0.5, 0.6) is 0 Å². The first-order valence-corrected chi connectivity index (χ1v) is 7.09. The van der Waals surface area contributed by atoms with E-state index in [-0.39, 0.29) is 6.61 Å². The van der Waals surface area contributed by atoms with E-state index in [2.05, 4.69) is 34.0 Å². The molecule has 1 saturated heterocycles. The van der Waals surface area contributed by atoms with Gasteiger partial charge in [-0.15, -0.1) is 0 Å². The fraction of sp³-hybridized carbons (Fsp3) is 0.714. The molecule has 0 bridgehead atoms. The van der Waals surface area contributed by atoms with E-state index in [9.17, 15) is 0 Å². The molecule has 2 rings (SSSR count). The van der Waals surface area contributed by atoms with Gasteiger partial charge in [0, 0.05) is 50.2 Å². The van der Waals surface area contributed by atoms with Crippen LogP contribution in [0.3, 0.4) is 0 Å². The third-order valence-corrected chi connectivity index (χ3v) is 3.51. The maximum Gasteiger partial charge on any atom is 0.225 e. The van der Waals surface area contributed by atoms with Crippen molar-refractivity contribution in [1.82, 2.24) is 15.3 Å². The lowest BCUT2D eigenvalue weighted by molar-refractivity contribution is 0.263. The van der Waals surface area contributed by atoms with Gasteiger partial charge in [-0.2, -0.15) is 0 Å². The van der Waals surface area contributed by atoms with Gasteiger partial charge in [-0.1, -0.05) is 13.8 Å². The van der Waals surface area contributed by atoms with Gasteiger partial charge in [0.15, 0.2) is 0 Å². The number of hydrogen-bond acceptors (Lipinski definition) is 5. The molecule has 1 atom stereocenters. The van der Waals surface area contributed by atoms with Crippen molar-refractivity contribution in [3.05, 3.63) is 18.0 Å². The Hall–Kier alpha value is -1.20. The fourth-order valence-corrected chi connectivity index (χ4v) is 2.36. The molecule has 0 radical (unpaired) electrons. The third-order valence-electron chi connectivity index (χ3n) is 3.51. The first-order valence-electron chi connectivity index (χ1n) is 7.09. The lowest BCUT2D eigenvalue weighted by Gasteiger charge is -2.16. The molecule has 1 aromatic rings. The van der Waals surface area contributed by atoms with Gasteiger partial charge in [-0.05, 0) is 18.8 Å². The minimum Gasteiger partial charge on any atom is -0.396 e. The lowest BCUT2D eigenvalue weighted by Crippen LogP contribution is -2.24. The summed E-state index contributed by atoms with van der Waals surface area (Å²) in [7, 11) is 0. The number of rotatable bonds is 6. The second-order valence-corrected chi connectivity index (χ2v) is 5.54. The van der Waals surface area contributed by atoms with E-state index in [4.69, 9.17) is 5.11 Å². The van der Waals surface area contributed by atoms with Crippen LogP contribution in [-0.2, 0) is 6.54 Å². The molecule has 0 aromatic carbocycles. The number of anilines is 1. The quantitative estimate of drug-likeness (QED) is 0.808. The van der Waals surface area contributed by atoms with Crippen molar-refractivity contribution in [2.24, 2.45) is 5.92 Å². The average Bonchev–Trinajstić information content (AvgIpc) is 2.86. The minimum atomic E-state index is 0.277.